The zero-order valence-corrected chi connectivity index (χ0v) is 17.3. The molecule has 0 aromatic heterocycles. The molecular formula is C30H22. The van der Waals surface area contributed by atoms with Gasteiger partial charge in [-0.2, -0.15) is 0 Å². The molecule has 0 radical (unpaired) electrons. The first-order valence-corrected chi connectivity index (χ1v) is 10.9. The van der Waals surface area contributed by atoms with E-state index < -0.39 is 0 Å². The molecule has 142 valence electrons. The Morgan fingerprint density at radius 2 is 1.50 bits per heavy atom. The molecule has 0 fully saturated rings. The summed E-state index contributed by atoms with van der Waals surface area (Å²) < 4.78 is 0. The van der Waals surface area contributed by atoms with Gasteiger partial charge in [0.25, 0.3) is 0 Å². The third kappa shape index (κ3) is 1.87. The van der Waals surface area contributed by atoms with Crippen molar-refractivity contribution in [2.24, 2.45) is 0 Å². The normalized spacial score (nSPS) is 15.7. The second kappa shape index (κ2) is 5.40. The number of hydrogen-bond acceptors (Lipinski definition) is 0. The quantitative estimate of drug-likeness (QED) is 0.238. The third-order valence-corrected chi connectivity index (χ3v) is 7.37. The topological polar surface area (TPSA) is 0 Å². The highest BCUT2D eigenvalue weighted by Gasteiger charge is 2.37. The standard InChI is InChI=1S/C30H22/c1-30(2)25-15-7-12-20-16-19-8-3-4-13-22(19)28(27(20)25)24-17-21-11-5-9-18-10-6-14-23(26(18)21)29(24)30/h3-9,11-17H,10H2,1-2H3. The van der Waals surface area contributed by atoms with E-state index in [9.17, 15) is 0 Å². The Bertz CT molecular complexity index is 1580. The second-order valence-corrected chi connectivity index (χ2v) is 9.34. The van der Waals surface area contributed by atoms with Crippen LogP contribution in [0.2, 0.25) is 0 Å². The van der Waals surface area contributed by atoms with Crippen LogP contribution in [0.1, 0.15) is 36.1 Å². The molecule has 7 rings (SSSR count). The number of benzene rings is 5. The van der Waals surface area contributed by atoms with E-state index in [1.54, 1.807) is 0 Å². The fraction of sp³-hybridized carbons (Fsp3) is 0.133. The van der Waals surface area contributed by atoms with Gasteiger partial charge in [0, 0.05) is 5.41 Å². The molecule has 0 bridgehead atoms. The molecule has 0 atom stereocenters. The van der Waals surface area contributed by atoms with E-state index in [0.29, 0.717) is 0 Å². The number of rotatable bonds is 0. The molecule has 2 aliphatic rings. The lowest BCUT2D eigenvalue weighted by Crippen LogP contribution is -2.25. The van der Waals surface area contributed by atoms with Crippen LogP contribution in [-0.2, 0) is 11.8 Å². The van der Waals surface area contributed by atoms with Crippen molar-refractivity contribution in [3.8, 4) is 11.1 Å². The van der Waals surface area contributed by atoms with Crippen molar-refractivity contribution in [2.45, 2.75) is 25.7 Å². The van der Waals surface area contributed by atoms with E-state index in [2.05, 4.69) is 98.8 Å². The Kier molecular flexibility index (Phi) is 2.96. The summed E-state index contributed by atoms with van der Waals surface area (Å²) in [4.78, 5) is 0. The van der Waals surface area contributed by atoms with Gasteiger partial charge in [-0.15, -0.1) is 0 Å². The molecule has 0 saturated heterocycles. The SMILES string of the molecule is CC1(C)c2c(cc3cccc4c3c2C=CC4)-c2c3ccccc3cc3cccc1c23. The molecule has 0 nitrogen and oxygen atoms in total. The number of hydrogen-bond donors (Lipinski definition) is 0. The minimum Gasteiger partial charge on any atom is -0.0795 e. The summed E-state index contributed by atoms with van der Waals surface area (Å²) in [6.45, 7) is 4.82. The van der Waals surface area contributed by atoms with Crippen molar-refractivity contribution in [3.05, 3.63) is 101 Å². The molecule has 0 heteroatoms. The lowest BCUT2D eigenvalue weighted by molar-refractivity contribution is 0.645. The fourth-order valence-electron chi connectivity index (χ4n) is 6.13. The summed E-state index contributed by atoms with van der Waals surface area (Å²) in [6.07, 6.45) is 5.75. The smallest absolute Gasteiger partial charge is 0.0165 e. The maximum atomic E-state index is 2.47. The molecule has 30 heavy (non-hydrogen) atoms. The molecule has 0 spiro atoms. The summed E-state index contributed by atoms with van der Waals surface area (Å²) in [5.74, 6) is 0. The number of allylic oxidation sites excluding steroid dienone is 1. The molecule has 5 aromatic carbocycles. The maximum Gasteiger partial charge on any atom is 0.0165 e. The van der Waals surface area contributed by atoms with Crippen LogP contribution in [0.5, 0.6) is 0 Å². The van der Waals surface area contributed by atoms with Crippen molar-refractivity contribution in [1.82, 2.24) is 0 Å². The molecule has 0 saturated carbocycles. The van der Waals surface area contributed by atoms with Crippen LogP contribution in [0.25, 0.3) is 49.5 Å². The van der Waals surface area contributed by atoms with Gasteiger partial charge in [0.05, 0.1) is 0 Å². The van der Waals surface area contributed by atoms with Crippen LogP contribution in [-0.4, -0.2) is 0 Å². The average Bonchev–Trinajstić information content (AvgIpc) is 2.76. The van der Waals surface area contributed by atoms with Crippen molar-refractivity contribution < 1.29 is 0 Å². The molecule has 2 aliphatic carbocycles. The van der Waals surface area contributed by atoms with Gasteiger partial charge in [0.15, 0.2) is 0 Å². The predicted molar refractivity (Wildman–Crippen MR) is 129 cm³/mol. The Morgan fingerprint density at radius 1 is 0.733 bits per heavy atom. The van der Waals surface area contributed by atoms with E-state index in [-0.39, 0.29) is 5.41 Å². The summed E-state index contributed by atoms with van der Waals surface area (Å²) in [5, 5.41) is 8.26. The lowest BCUT2D eigenvalue weighted by Gasteiger charge is -2.38. The monoisotopic (exact) mass is 382 g/mol. The summed E-state index contributed by atoms with van der Waals surface area (Å²) in [5.41, 5.74) is 8.57. The highest BCUT2D eigenvalue weighted by atomic mass is 14.4. The highest BCUT2D eigenvalue weighted by Crippen LogP contribution is 2.54. The van der Waals surface area contributed by atoms with E-state index >= 15 is 0 Å². The van der Waals surface area contributed by atoms with Crippen LogP contribution in [0.4, 0.5) is 0 Å². The first-order valence-electron chi connectivity index (χ1n) is 10.9. The predicted octanol–water partition coefficient (Wildman–Crippen LogP) is 8.02. The molecule has 0 heterocycles. The van der Waals surface area contributed by atoms with Crippen molar-refractivity contribution in [1.29, 1.82) is 0 Å². The average molecular weight is 383 g/mol. The second-order valence-electron chi connectivity index (χ2n) is 9.34. The lowest BCUT2D eigenvalue weighted by atomic mass is 9.65. The molecular weight excluding hydrogens is 360 g/mol. The van der Waals surface area contributed by atoms with Gasteiger partial charge < -0.3 is 0 Å². The van der Waals surface area contributed by atoms with Crippen molar-refractivity contribution in [2.75, 3.05) is 0 Å². The van der Waals surface area contributed by atoms with Crippen LogP contribution < -0.4 is 0 Å². The van der Waals surface area contributed by atoms with Crippen LogP contribution >= 0.6 is 0 Å². The van der Waals surface area contributed by atoms with E-state index in [1.807, 2.05) is 0 Å². The maximum absolute atomic E-state index is 2.47. The zero-order chi connectivity index (χ0) is 20.0. The number of fused-ring (bicyclic) bond motifs is 5. The highest BCUT2D eigenvalue weighted by molar-refractivity contribution is 6.18. The Balaban J connectivity index is 1.81. The first-order chi connectivity index (χ1) is 14.6. The van der Waals surface area contributed by atoms with E-state index in [0.717, 1.165) is 6.42 Å². The van der Waals surface area contributed by atoms with Gasteiger partial charge in [0.2, 0.25) is 0 Å². The molecule has 0 aliphatic heterocycles. The Morgan fingerprint density at radius 3 is 2.40 bits per heavy atom. The molecule has 5 aromatic rings. The fourth-order valence-corrected chi connectivity index (χ4v) is 6.13. The van der Waals surface area contributed by atoms with Crippen LogP contribution in [0.3, 0.4) is 0 Å². The van der Waals surface area contributed by atoms with Gasteiger partial charge in [-0.25, -0.2) is 0 Å². The van der Waals surface area contributed by atoms with Crippen molar-refractivity contribution >= 4 is 38.4 Å². The summed E-state index contributed by atoms with van der Waals surface area (Å²) >= 11 is 0. The van der Waals surface area contributed by atoms with Gasteiger partial charge in [-0.3, -0.25) is 0 Å². The third-order valence-electron chi connectivity index (χ3n) is 7.37. The minimum atomic E-state index is -0.0530. The zero-order valence-electron chi connectivity index (χ0n) is 17.3. The molecule has 0 amide bonds. The van der Waals surface area contributed by atoms with E-state index in [4.69, 9.17) is 0 Å². The Labute approximate surface area is 176 Å². The van der Waals surface area contributed by atoms with Gasteiger partial charge in [-0.05, 0) is 84.3 Å². The largest absolute Gasteiger partial charge is 0.0795 e. The van der Waals surface area contributed by atoms with Crippen LogP contribution in [0.15, 0.2) is 78.9 Å². The van der Waals surface area contributed by atoms with Gasteiger partial charge in [0.1, 0.15) is 0 Å². The summed E-state index contributed by atoms with van der Waals surface area (Å²) in [7, 11) is 0. The van der Waals surface area contributed by atoms with Crippen LogP contribution in [0, 0.1) is 0 Å². The summed E-state index contributed by atoms with van der Waals surface area (Å²) in [6, 6.07) is 27.4. The molecule has 0 unspecified atom stereocenters. The van der Waals surface area contributed by atoms with Crippen molar-refractivity contribution in [3.63, 3.8) is 0 Å². The molecule has 0 N–H and O–H groups in total. The van der Waals surface area contributed by atoms with E-state index in [1.165, 1.54) is 65.7 Å². The minimum absolute atomic E-state index is 0.0530. The Hall–Kier alpha value is -3.38. The first kappa shape index (κ1) is 16.4. The van der Waals surface area contributed by atoms with Gasteiger partial charge in [-0.1, -0.05) is 86.7 Å². The van der Waals surface area contributed by atoms with Gasteiger partial charge >= 0.3 is 0 Å².